The van der Waals surface area contributed by atoms with E-state index in [1.54, 1.807) is 6.20 Å². The highest BCUT2D eigenvalue weighted by atomic mass is 79.9. The lowest BCUT2D eigenvalue weighted by Gasteiger charge is -1.98. The summed E-state index contributed by atoms with van der Waals surface area (Å²) in [5.41, 5.74) is 11.6. The topological polar surface area (TPSA) is 77.8 Å². The molecular formula is C5H8Br2N4. The first-order valence-electron chi connectivity index (χ1n) is 2.67. The summed E-state index contributed by atoms with van der Waals surface area (Å²) in [4.78, 5) is 7.53. The molecule has 0 unspecified atom stereocenters. The van der Waals surface area contributed by atoms with Crippen LogP contribution in [0.15, 0.2) is 6.20 Å². The van der Waals surface area contributed by atoms with Crippen molar-refractivity contribution in [3.8, 4) is 0 Å². The first-order chi connectivity index (χ1) is 4.74. The van der Waals surface area contributed by atoms with Crippen molar-refractivity contribution in [1.82, 2.24) is 9.97 Å². The third kappa shape index (κ3) is 2.63. The maximum atomic E-state index is 5.47. The number of rotatable bonds is 1. The van der Waals surface area contributed by atoms with Gasteiger partial charge in [-0.25, -0.2) is 4.98 Å². The predicted molar refractivity (Wildman–Crippen MR) is 53.8 cm³/mol. The number of halogens is 2. The fraction of sp³-hybridized carbons (Fsp3) is 0.200. The van der Waals surface area contributed by atoms with E-state index in [-0.39, 0.29) is 22.9 Å². The van der Waals surface area contributed by atoms with Crippen molar-refractivity contribution in [2.45, 2.75) is 5.33 Å². The van der Waals surface area contributed by atoms with Crippen molar-refractivity contribution < 1.29 is 0 Å². The quantitative estimate of drug-likeness (QED) is 0.757. The average molecular weight is 284 g/mol. The lowest BCUT2D eigenvalue weighted by Crippen LogP contribution is -2.01. The minimum absolute atomic E-state index is 0. The van der Waals surface area contributed by atoms with E-state index in [9.17, 15) is 0 Å². The van der Waals surface area contributed by atoms with E-state index in [0.717, 1.165) is 5.56 Å². The lowest BCUT2D eigenvalue weighted by atomic mass is 10.4. The number of nitrogen functional groups attached to an aromatic ring is 2. The zero-order valence-corrected chi connectivity index (χ0v) is 8.92. The minimum Gasteiger partial charge on any atom is -0.383 e. The Morgan fingerprint density at radius 3 is 2.55 bits per heavy atom. The maximum Gasteiger partial charge on any atom is 0.221 e. The molecule has 0 saturated heterocycles. The highest BCUT2D eigenvalue weighted by molar-refractivity contribution is 9.08. The van der Waals surface area contributed by atoms with Crippen LogP contribution in [0, 0.1) is 0 Å². The maximum absolute atomic E-state index is 5.47. The molecule has 1 heterocycles. The van der Waals surface area contributed by atoms with Crippen LogP contribution in [0.25, 0.3) is 0 Å². The zero-order valence-electron chi connectivity index (χ0n) is 5.62. The molecule has 0 radical (unpaired) electrons. The molecule has 1 aromatic rings. The summed E-state index contributed by atoms with van der Waals surface area (Å²) in [7, 11) is 0. The summed E-state index contributed by atoms with van der Waals surface area (Å²) in [6.07, 6.45) is 1.60. The Labute approximate surface area is 83.3 Å². The molecule has 0 saturated carbocycles. The molecule has 1 rings (SSSR count). The molecule has 0 bridgehead atoms. The van der Waals surface area contributed by atoms with E-state index >= 15 is 0 Å². The van der Waals surface area contributed by atoms with Crippen LogP contribution < -0.4 is 11.5 Å². The Kier molecular flexibility index (Phi) is 4.36. The number of hydrogen-bond donors (Lipinski definition) is 2. The minimum atomic E-state index is 0. The third-order valence-corrected chi connectivity index (χ3v) is 1.66. The SMILES string of the molecule is Br.Nc1ncc(CBr)c(N)n1. The van der Waals surface area contributed by atoms with Crippen LogP contribution in [0.2, 0.25) is 0 Å². The summed E-state index contributed by atoms with van der Waals surface area (Å²) in [6, 6.07) is 0. The normalized spacial score (nSPS) is 8.82. The standard InChI is InChI=1S/C5H7BrN4.BrH/c6-1-3-2-9-5(8)10-4(3)7;/h2H,1H2,(H4,7,8,9,10);1H. The Bertz CT molecular complexity index is 240. The van der Waals surface area contributed by atoms with Crippen molar-refractivity contribution in [2.24, 2.45) is 0 Å². The van der Waals surface area contributed by atoms with Crippen molar-refractivity contribution in [3.05, 3.63) is 11.8 Å². The van der Waals surface area contributed by atoms with E-state index in [0.29, 0.717) is 11.1 Å². The van der Waals surface area contributed by atoms with Crippen LogP contribution in [0.3, 0.4) is 0 Å². The van der Waals surface area contributed by atoms with Gasteiger partial charge in [0.1, 0.15) is 5.82 Å². The molecule has 0 aromatic carbocycles. The number of anilines is 2. The monoisotopic (exact) mass is 282 g/mol. The average Bonchev–Trinajstić information content (AvgIpc) is 1.88. The molecule has 62 valence electrons. The van der Waals surface area contributed by atoms with E-state index in [1.165, 1.54) is 0 Å². The van der Waals surface area contributed by atoms with Gasteiger partial charge in [-0.3, -0.25) is 0 Å². The lowest BCUT2D eigenvalue weighted by molar-refractivity contribution is 1.15. The van der Waals surface area contributed by atoms with Gasteiger partial charge < -0.3 is 11.5 Å². The number of nitrogens with zero attached hydrogens (tertiary/aromatic N) is 2. The highest BCUT2D eigenvalue weighted by Gasteiger charge is 1.98. The van der Waals surface area contributed by atoms with Crippen LogP contribution in [0.5, 0.6) is 0 Å². The summed E-state index contributed by atoms with van der Waals surface area (Å²) in [6.45, 7) is 0. The third-order valence-electron chi connectivity index (χ3n) is 1.06. The van der Waals surface area contributed by atoms with Crippen LogP contribution in [-0.2, 0) is 5.33 Å². The van der Waals surface area contributed by atoms with Crippen LogP contribution in [-0.4, -0.2) is 9.97 Å². The van der Waals surface area contributed by atoms with E-state index in [2.05, 4.69) is 25.9 Å². The van der Waals surface area contributed by atoms with E-state index in [1.807, 2.05) is 0 Å². The van der Waals surface area contributed by atoms with Crippen LogP contribution >= 0.6 is 32.9 Å². The largest absolute Gasteiger partial charge is 0.383 e. The fourth-order valence-electron chi connectivity index (χ4n) is 0.537. The second-order valence-electron chi connectivity index (χ2n) is 1.77. The summed E-state index contributed by atoms with van der Waals surface area (Å²) in [5, 5.41) is 0.652. The number of nitrogens with two attached hydrogens (primary N) is 2. The smallest absolute Gasteiger partial charge is 0.221 e. The molecular weight excluding hydrogens is 276 g/mol. The van der Waals surface area contributed by atoms with E-state index in [4.69, 9.17) is 11.5 Å². The Balaban J connectivity index is 0.000001000. The van der Waals surface area contributed by atoms with Crippen molar-refractivity contribution in [1.29, 1.82) is 0 Å². The molecule has 0 amide bonds. The van der Waals surface area contributed by atoms with Gasteiger partial charge in [-0.2, -0.15) is 4.98 Å². The Morgan fingerprint density at radius 2 is 2.09 bits per heavy atom. The summed E-state index contributed by atoms with van der Waals surface area (Å²) >= 11 is 3.23. The van der Waals surface area contributed by atoms with Gasteiger partial charge in [0.05, 0.1) is 0 Å². The van der Waals surface area contributed by atoms with Gasteiger partial charge in [0.2, 0.25) is 5.95 Å². The summed E-state index contributed by atoms with van der Waals surface area (Å²) < 4.78 is 0. The molecule has 0 aliphatic rings. The van der Waals surface area contributed by atoms with Gasteiger partial charge in [-0.15, -0.1) is 17.0 Å². The number of hydrogen-bond acceptors (Lipinski definition) is 4. The molecule has 4 N–H and O–H groups in total. The molecule has 0 aliphatic carbocycles. The Hall–Kier alpha value is -0.360. The number of aromatic nitrogens is 2. The molecule has 6 heteroatoms. The summed E-state index contributed by atoms with van der Waals surface area (Å²) in [5.74, 6) is 0.645. The molecule has 0 atom stereocenters. The van der Waals surface area contributed by atoms with Gasteiger partial charge >= 0.3 is 0 Å². The van der Waals surface area contributed by atoms with Gasteiger partial charge in [-0.1, -0.05) is 15.9 Å². The molecule has 4 nitrogen and oxygen atoms in total. The first kappa shape index (κ1) is 10.6. The van der Waals surface area contributed by atoms with Crippen molar-refractivity contribution in [2.75, 3.05) is 11.5 Å². The fourth-order valence-corrected chi connectivity index (χ4v) is 0.969. The van der Waals surface area contributed by atoms with Crippen molar-refractivity contribution >= 4 is 44.7 Å². The molecule has 0 spiro atoms. The first-order valence-corrected chi connectivity index (χ1v) is 3.79. The molecule has 0 aliphatic heterocycles. The van der Waals surface area contributed by atoms with Gasteiger partial charge in [-0.05, 0) is 0 Å². The highest BCUT2D eigenvalue weighted by Crippen LogP contribution is 2.11. The molecule has 0 fully saturated rings. The second kappa shape index (κ2) is 4.50. The zero-order chi connectivity index (χ0) is 7.56. The van der Waals surface area contributed by atoms with Crippen LogP contribution in [0.1, 0.15) is 5.56 Å². The van der Waals surface area contributed by atoms with E-state index < -0.39 is 0 Å². The molecule has 11 heavy (non-hydrogen) atoms. The predicted octanol–water partition coefficient (Wildman–Crippen LogP) is 1.11. The Morgan fingerprint density at radius 1 is 1.45 bits per heavy atom. The van der Waals surface area contributed by atoms with Crippen molar-refractivity contribution in [3.63, 3.8) is 0 Å². The van der Waals surface area contributed by atoms with Crippen LogP contribution in [0.4, 0.5) is 11.8 Å². The van der Waals surface area contributed by atoms with Gasteiger partial charge in [0.15, 0.2) is 0 Å². The van der Waals surface area contributed by atoms with Gasteiger partial charge in [0.25, 0.3) is 0 Å². The van der Waals surface area contributed by atoms with Gasteiger partial charge in [0, 0.05) is 17.1 Å². The molecule has 1 aromatic heterocycles. The number of alkyl halides is 1. The second-order valence-corrected chi connectivity index (χ2v) is 2.33.